The Balaban J connectivity index is 2.21. The molecule has 0 saturated carbocycles. The van der Waals surface area contributed by atoms with Crippen molar-refractivity contribution in [2.75, 3.05) is 11.9 Å². The molecular weight excluding hydrogens is 184 g/mol. The number of para-hydroxylation sites is 1. The summed E-state index contributed by atoms with van der Waals surface area (Å²) in [6.07, 6.45) is 8.82. The van der Waals surface area contributed by atoms with Gasteiger partial charge in [-0.15, -0.1) is 0 Å². The van der Waals surface area contributed by atoms with Crippen LogP contribution >= 0.6 is 0 Å². The van der Waals surface area contributed by atoms with Crippen LogP contribution in [-0.2, 0) is 0 Å². The number of likely N-dealkylation sites (N-methyl/N-ethyl adjacent to an activating group) is 1. The monoisotopic (exact) mass is 198 g/mol. The Labute approximate surface area is 90.3 Å². The molecule has 15 heavy (non-hydrogen) atoms. The first-order chi connectivity index (χ1) is 7.38. The number of aliphatic imine (C=N–C) groups is 1. The van der Waals surface area contributed by atoms with E-state index in [1.807, 2.05) is 36.7 Å². The quantitative estimate of drug-likeness (QED) is 0.713. The van der Waals surface area contributed by atoms with E-state index in [0.29, 0.717) is 0 Å². The van der Waals surface area contributed by atoms with Crippen molar-refractivity contribution in [3.05, 3.63) is 54.4 Å². The van der Waals surface area contributed by atoms with E-state index in [9.17, 15) is 0 Å². The second kappa shape index (κ2) is 4.60. The summed E-state index contributed by atoms with van der Waals surface area (Å²) in [6.45, 7) is 0. The standard InChI is InChI=1S/C13H14N2/c1-15(12-6-3-2-4-7-12)13-8-5-10-14-11-9-13/h2-4,6-11H,5H2,1H3. The van der Waals surface area contributed by atoms with Crippen LogP contribution in [0, 0.1) is 0 Å². The second-order valence-electron chi connectivity index (χ2n) is 3.41. The summed E-state index contributed by atoms with van der Waals surface area (Å²) < 4.78 is 0. The van der Waals surface area contributed by atoms with Crippen LogP contribution in [-0.4, -0.2) is 13.3 Å². The molecule has 0 amide bonds. The predicted octanol–water partition coefficient (Wildman–Crippen LogP) is 2.99. The molecule has 0 aliphatic carbocycles. The van der Waals surface area contributed by atoms with E-state index in [1.54, 1.807) is 0 Å². The first-order valence-corrected chi connectivity index (χ1v) is 5.05. The number of allylic oxidation sites excluding steroid dienone is 2. The zero-order valence-electron chi connectivity index (χ0n) is 8.80. The number of hydrogen-bond donors (Lipinski definition) is 0. The van der Waals surface area contributed by atoms with E-state index >= 15 is 0 Å². The van der Waals surface area contributed by atoms with E-state index in [4.69, 9.17) is 0 Å². The summed E-state index contributed by atoms with van der Waals surface area (Å²) in [5.41, 5.74) is 2.37. The average Bonchev–Trinajstić information content (AvgIpc) is 2.58. The van der Waals surface area contributed by atoms with Crippen molar-refractivity contribution in [1.29, 1.82) is 0 Å². The molecule has 2 nitrogen and oxygen atoms in total. The topological polar surface area (TPSA) is 15.6 Å². The molecule has 0 radical (unpaired) electrons. The molecule has 1 heterocycles. The molecule has 1 aliphatic rings. The Bertz CT molecular complexity index is 402. The van der Waals surface area contributed by atoms with Crippen LogP contribution in [0.15, 0.2) is 59.4 Å². The van der Waals surface area contributed by atoms with Gasteiger partial charge < -0.3 is 4.90 Å². The molecule has 0 fully saturated rings. The van der Waals surface area contributed by atoms with Crippen LogP contribution in [0.5, 0.6) is 0 Å². The van der Waals surface area contributed by atoms with Gasteiger partial charge in [0.25, 0.3) is 0 Å². The van der Waals surface area contributed by atoms with Gasteiger partial charge in [0, 0.05) is 37.3 Å². The van der Waals surface area contributed by atoms with Gasteiger partial charge in [-0.05, 0) is 18.2 Å². The van der Waals surface area contributed by atoms with Crippen molar-refractivity contribution in [3.63, 3.8) is 0 Å². The van der Waals surface area contributed by atoms with Crippen molar-refractivity contribution in [3.8, 4) is 0 Å². The molecule has 1 aliphatic heterocycles. The number of rotatable bonds is 2. The molecule has 0 atom stereocenters. The minimum Gasteiger partial charge on any atom is -0.345 e. The molecule has 0 saturated heterocycles. The lowest BCUT2D eigenvalue weighted by Crippen LogP contribution is -2.14. The predicted molar refractivity (Wildman–Crippen MR) is 65.2 cm³/mol. The first-order valence-electron chi connectivity index (χ1n) is 5.05. The molecular formula is C13H14N2. The lowest BCUT2D eigenvalue weighted by Gasteiger charge is -2.20. The third kappa shape index (κ3) is 2.34. The van der Waals surface area contributed by atoms with Crippen molar-refractivity contribution in [2.24, 2.45) is 4.99 Å². The summed E-state index contributed by atoms with van der Waals surface area (Å²) in [7, 11) is 2.07. The van der Waals surface area contributed by atoms with Crippen molar-refractivity contribution in [1.82, 2.24) is 0 Å². The maximum absolute atomic E-state index is 4.11. The Morgan fingerprint density at radius 2 is 2.00 bits per heavy atom. The van der Waals surface area contributed by atoms with Crippen LogP contribution in [0.2, 0.25) is 0 Å². The number of nitrogens with zero attached hydrogens (tertiary/aromatic N) is 2. The fraction of sp³-hybridized carbons (Fsp3) is 0.154. The number of benzene rings is 1. The molecule has 0 N–H and O–H groups in total. The van der Waals surface area contributed by atoms with Crippen molar-refractivity contribution < 1.29 is 0 Å². The van der Waals surface area contributed by atoms with Gasteiger partial charge >= 0.3 is 0 Å². The van der Waals surface area contributed by atoms with E-state index in [0.717, 1.165) is 6.42 Å². The molecule has 0 spiro atoms. The Kier molecular flexibility index (Phi) is 2.98. The van der Waals surface area contributed by atoms with Gasteiger partial charge in [0.05, 0.1) is 0 Å². The minimum absolute atomic E-state index is 0.888. The third-order valence-corrected chi connectivity index (χ3v) is 2.40. The average molecular weight is 198 g/mol. The summed E-state index contributed by atoms with van der Waals surface area (Å²) in [5.74, 6) is 0. The maximum atomic E-state index is 4.11. The summed E-state index contributed by atoms with van der Waals surface area (Å²) >= 11 is 0. The fourth-order valence-electron chi connectivity index (χ4n) is 1.53. The van der Waals surface area contributed by atoms with Crippen LogP contribution in [0.1, 0.15) is 6.42 Å². The Morgan fingerprint density at radius 3 is 2.80 bits per heavy atom. The normalized spacial score (nSPS) is 14.6. The highest BCUT2D eigenvalue weighted by molar-refractivity contribution is 5.63. The lowest BCUT2D eigenvalue weighted by molar-refractivity contribution is 1.13. The van der Waals surface area contributed by atoms with Crippen LogP contribution in [0.25, 0.3) is 0 Å². The van der Waals surface area contributed by atoms with E-state index in [2.05, 4.69) is 35.1 Å². The fourth-order valence-corrected chi connectivity index (χ4v) is 1.53. The van der Waals surface area contributed by atoms with Crippen molar-refractivity contribution >= 4 is 11.9 Å². The molecule has 0 bridgehead atoms. The minimum atomic E-state index is 0.888. The summed E-state index contributed by atoms with van der Waals surface area (Å²) in [4.78, 5) is 6.27. The molecule has 1 aromatic carbocycles. The van der Waals surface area contributed by atoms with Gasteiger partial charge in [-0.3, -0.25) is 4.99 Å². The Morgan fingerprint density at radius 1 is 1.20 bits per heavy atom. The summed E-state index contributed by atoms with van der Waals surface area (Å²) in [5, 5.41) is 0. The highest BCUT2D eigenvalue weighted by Crippen LogP contribution is 2.18. The molecule has 2 rings (SSSR count). The van der Waals surface area contributed by atoms with Crippen LogP contribution in [0.3, 0.4) is 0 Å². The highest BCUT2D eigenvalue weighted by atomic mass is 15.1. The van der Waals surface area contributed by atoms with Gasteiger partial charge in [0.15, 0.2) is 0 Å². The maximum Gasteiger partial charge on any atom is 0.0407 e. The van der Waals surface area contributed by atoms with Crippen LogP contribution in [0.4, 0.5) is 5.69 Å². The third-order valence-electron chi connectivity index (χ3n) is 2.40. The molecule has 1 aromatic rings. The van der Waals surface area contributed by atoms with Gasteiger partial charge in [-0.25, -0.2) is 0 Å². The first kappa shape index (κ1) is 9.71. The Hall–Kier alpha value is -1.83. The summed E-state index contributed by atoms with van der Waals surface area (Å²) in [6, 6.07) is 10.3. The van der Waals surface area contributed by atoms with E-state index in [-0.39, 0.29) is 0 Å². The zero-order chi connectivity index (χ0) is 10.5. The molecule has 0 unspecified atom stereocenters. The largest absolute Gasteiger partial charge is 0.345 e. The van der Waals surface area contributed by atoms with E-state index in [1.165, 1.54) is 11.4 Å². The number of hydrogen-bond acceptors (Lipinski definition) is 2. The molecule has 2 heteroatoms. The van der Waals surface area contributed by atoms with Gasteiger partial charge in [0.2, 0.25) is 0 Å². The second-order valence-corrected chi connectivity index (χ2v) is 3.41. The van der Waals surface area contributed by atoms with E-state index < -0.39 is 0 Å². The lowest BCUT2D eigenvalue weighted by atomic mass is 10.2. The highest BCUT2D eigenvalue weighted by Gasteiger charge is 2.03. The molecule has 76 valence electrons. The van der Waals surface area contributed by atoms with Gasteiger partial charge in [-0.2, -0.15) is 0 Å². The van der Waals surface area contributed by atoms with Gasteiger partial charge in [-0.1, -0.05) is 24.3 Å². The van der Waals surface area contributed by atoms with Gasteiger partial charge in [0.1, 0.15) is 0 Å². The number of anilines is 1. The van der Waals surface area contributed by atoms with Crippen LogP contribution < -0.4 is 4.90 Å². The SMILES string of the molecule is CN(C1=CCC=NC=C1)c1ccccc1. The zero-order valence-corrected chi connectivity index (χ0v) is 8.80. The smallest absolute Gasteiger partial charge is 0.0407 e. The molecule has 0 aromatic heterocycles. The van der Waals surface area contributed by atoms with Crippen molar-refractivity contribution in [2.45, 2.75) is 6.42 Å².